The summed E-state index contributed by atoms with van der Waals surface area (Å²) in [5.74, 6) is -1.54. The topological polar surface area (TPSA) is 257 Å². The zero-order chi connectivity index (χ0) is 32.9. The Morgan fingerprint density at radius 2 is 2.11 bits per heavy atom. The standard InChI is InChI=1S/C25H32N9O10P/c1-6-41-22(37)14-8-7-9-15(10-14)44-45(38,31-13(2)21(36)40-5)42-11-16-18(35)25(3,32-33-27)23(43-16)34-12-28-17-19(34)29-24(26)30-20(17)39-4/h7-10,12-13,16,18,23,35H,6,11H2,1-5H3,(H,31,38)(H2,26,29,30)/t13-,16+,18+,23+,25+,45?/m0/s1. The number of aliphatic hydroxyl groups excluding tert-OH is 1. The molecule has 3 heterocycles. The van der Waals surface area contributed by atoms with Crippen LogP contribution in [0.4, 0.5) is 5.95 Å². The molecule has 4 N–H and O–H groups in total. The van der Waals surface area contributed by atoms with E-state index in [1.165, 1.54) is 56.1 Å². The Bertz CT molecular complexity index is 1670. The second-order valence-electron chi connectivity index (χ2n) is 9.81. The number of hydrogen-bond donors (Lipinski definition) is 3. The van der Waals surface area contributed by atoms with Crippen LogP contribution in [0.1, 0.15) is 37.4 Å². The Labute approximate surface area is 256 Å². The molecule has 4 rings (SSSR count). The molecular weight excluding hydrogens is 617 g/mol. The van der Waals surface area contributed by atoms with Crippen LogP contribution in [-0.4, -0.2) is 87.8 Å². The second-order valence-corrected chi connectivity index (χ2v) is 11.5. The van der Waals surface area contributed by atoms with E-state index in [0.717, 1.165) is 7.11 Å². The van der Waals surface area contributed by atoms with Gasteiger partial charge in [0.25, 0.3) is 0 Å². The van der Waals surface area contributed by atoms with Gasteiger partial charge in [-0.05, 0) is 44.5 Å². The van der Waals surface area contributed by atoms with Crippen LogP contribution >= 0.6 is 7.75 Å². The van der Waals surface area contributed by atoms with Crippen molar-refractivity contribution in [2.75, 3.05) is 33.2 Å². The monoisotopic (exact) mass is 649 g/mol. The number of imidazole rings is 1. The average Bonchev–Trinajstić information content (AvgIpc) is 3.53. The first-order valence-electron chi connectivity index (χ1n) is 13.4. The fraction of sp³-hybridized carbons (Fsp3) is 0.480. The number of fused-ring (bicyclic) bond motifs is 1. The largest absolute Gasteiger partial charge is 0.479 e. The summed E-state index contributed by atoms with van der Waals surface area (Å²) in [5.41, 5.74) is 14.0. The summed E-state index contributed by atoms with van der Waals surface area (Å²) in [5, 5.41) is 17.6. The Morgan fingerprint density at radius 3 is 2.78 bits per heavy atom. The van der Waals surface area contributed by atoms with E-state index in [0.29, 0.717) is 0 Å². The van der Waals surface area contributed by atoms with Gasteiger partial charge in [0.05, 0.1) is 45.4 Å². The smallest absolute Gasteiger partial charge is 0.459 e. The molecule has 1 unspecified atom stereocenters. The normalized spacial score (nSPS) is 23.0. The molecule has 1 aromatic carbocycles. The van der Waals surface area contributed by atoms with E-state index < -0.39 is 56.3 Å². The molecule has 0 saturated carbocycles. The first-order chi connectivity index (χ1) is 21.4. The van der Waals surface area contributed by atoms with E-state index in [2.05, 4.69) is 30.1 Å². The SMILES string of the molecule is CCOC(=O)c1cccc(OP(=O)(N[C@@H](C)C(=O)OC)OC[C@H]2O[C@@H](n3cnc4c(OC)nc(N)nc43)[C@](C)(N=[N+]=[N-])[C@@H]2O)c1. The molecule has 0 aliphatic carbocycles. The minimum absolute atomic E-state index is 0.0609. The van der Waals surface area contributed by atoms with Crippen molar-refractivity contribution in [2.24, 2.45) is 5.11 Å². The number of aliphatic hydroxyl groups is 1. The summed E-state index contributed by atoms with van der Waals surface area (Å²) < 4.78 is 47.7. The van der Waals surface area contributed by atoms with Crippen molar-refractivity contribution in [2.45, 2.75) is 50.8 Å². The van der Waals surface area contributed by atoms with Crippen LogP contribution in [0.5, 0.6) is 11.6 Å². The summed E-state index contributed by atoms with van der Waals surface area (Å²) in [6.45, 7) is 3.97. The lowest BCUT2D eigenvalue weighted by Crippen LogP contribution is -2.43. The van der Waals surface area contributed by atoms with Crippen LogP contribution < -0.4 is 20.1 Å². The number of hydrogen-bond acceptors (Lipinski definition) is 15. The number of ether oxygens (including phenoxy) is 4. The second kappa shape index (κ2) is 13.6. The number of azide groups is 1. The molecule has 0 amide bonds. The molecular formula is C25H32N9O10P. The maximum atomic E-state index is 14.0. The van der Waals surface area contributed by atoms with Gasteiger partial charge in [-0.25, -0.2) is 14.3 Å². The lowest BCUT2D eigenvalue weighted by atomic mass is 9.93. The van der Waals surface area contributed by atoms with Crippen LogP contribution in [-0.2, 0) is 28.1 Å². The highest BCUT2D eigenvalue weighted by molar-refractivity contribution is 7.52. The van der Waals surface area contributed by atoms with Crippen molar-refractivity contribution in [1.29, 1.82) is 0 Å². The lowest BCUT2D eigenvalue weighted by molar-refractivity contribution is -0.142. The lowest BCUT2D eigenvalue weighted by Gasteiger charge is -2.28. The molecule has 3 aromatic rings. The summed E-state index contributed by atoms with van der Waals surface area (Å²) in [6, 6.07) is 4.44. The fourth-order valence-corrected chi connectivity index (χ4v) is 6.06. The third-order valence-electron chi connectivity index (χ3n) is 6.75. The van der Waals surface area contributed by atoms with Crippen molar-refractivity contribution in [1.82, 2.24) is 24.6 Å². The summed E-state index contributed by atoms with van der Waals surface area (Å²) in [4.78, 5) is 39.7. The van der Waals surface area contributed by atoms with E-state index in [-0.39, 0.29) is 40.9 Å². The van der Waals surface area contributed by atoms with Gasteiger partial charge in [0.15, 0.2) is 17.4 Å². The van der Waals surface area contributed by atoms with E-state index >= 15 is 0 Å². The third kappa shape index (κ3) is 6.93. The van der Waals surface area contributed by atoms with Crippen molar-refractivity contribution in [3.8, 4) is 11.6 Å². The van der Waals surface area contributed by atoms with E-state index in [1.807, 2.05) is 0 Å². The molecule has 6 atom stereocenters. The van der Waals surface area contributed by atoms with Gasteiger partial charge in [-0.15, -0.1) is 0 Å². The Hall–Kier alpha value is -4.51. The predicted octanol–water partition coefficient (Wildman–Crippen LogP) is 2.28. The van der Waals surface area contributed by atoms with E-state index in [1.54, 1.807) is 6.92 Å². The van der Waals surface area contributed by atoms with Crippen molar-refractivity contribution in [3.63, 3.8) is 0 Å². The summed E-state index contributed by atoms with van der Waals surface area (Å²) in [7, 11) is -1.96. The molecule has 20 heteroatoms. The summed E-state index contributed by atoms with van der Waals surface area (Å²) >= 11 is 0. The zero-order valence-corrected chi connectivity index (χ0v) is 25.8. The minimum atomic E-state index is -4.47. The maximum absolute atomic E-state index is 14.0. The predicted molar refractivity (Wildman–Crippen MR) is 155 cm³/mol. The van der Waals surface area contributed by atoms with Gasteiger partial charge in [0.2, 0.25) is 11.8 Å². The van der Waals surface area contributed by atoms with E-state index in [4.69, 9.17) is 33.7 Å². The number of benzene rings is 1. The summed E-state index contributed by atoms with van der Waals surface area (Å²) in [6.07, 6.45) is -2.71. The van der Waals surface area contributed by atoms with Gasteiger partial charge < -0.3 is 34.3 Å². The highest BCUT2D eigenvalue weighted by Gasteiger charge is 2.55. The highest BCUT2D eigenvalue weighted by atomic mass is 31.2. The number of nitrogens with two attached hydrogens (primary N) is 1. The number of nitrogens with one attached hydrogen (secondary N) is 1. The first kappa shape index (κ1) is 33.4. The van der Waals surface area contributed by atoms with Gasteiger partial charge >= 0.3 is 19.7 Å². The molecule has 2 aromatic heterocycles. The molecule has 0 bridgehead atoms. The third-order valence-corrected chi connectivity index (χ3v) is 8.40. The number of rotatable bonds is 13. The van der Waals surface area contributed by atoms with Crippen LogP contribution in [0.25, 0.3) is 21.6 Å². The van der Waals surface area contributed by atoms with Crippen LogP contribution in [0.2, 0.25) is 0 Å². The van der Waals surface area contributed by atoms with Crippen LogP contribution in [0, 0.1) is 0 Å². The van der Waals surface area contributed by atoms with Gasteiger partial charge in [0, 0.05) is 4.91 Å². The molecule has 1 aliphatic rings. The average molecular weight is 650 g/mol. The number of anilines is 1. The fourth-order valence-electron chi connectivity index (χ4n) is 4.56. The maximum Gasteiger partial charge on any atom is 0.459 e. The van der Waals surface area contributed by atoms with Crippen LogP contribution in [0.15, 0.2) is 35.7 Å². The quantitative estimate of drug-likeness (QED) is 0.0789. The number of carbonyl (C=O) groups excluding carboxylic acids is 2. The molecule has 1 saturated heterocycles. The van der Waals surface area contributed by atoms with Crippen molar-refractivity contribution >= 4 is 36.8 Å². The van der Waals surface area contributed by atoms with E-state index in [9.17, 15) is 24.8 Å². The van der Waals surface area contributed by atoms with Gasteiger partial charge in [-0.2, -0.15) is 15.1 Å². The molecule has 45 heavy (non-hydrogen) atoms. The van der Waals surface area contributed by atoms with Gasteiger partial charge in [0.1, 0.15) is 23.4 Å². The number of nitrogen functional groups attached to an aromatic ring is 1. The number of esters is 2. The molecule has 0 spiro atoms. The first-order valence-corrected chi connectivity index (χ1v) is 14.9. The highest BCUT2D eigenvalue weighted by Crippen LogP contribution is 2.48. The number of carbonyl (C=O) groups is 2. The van der Waals surface area contributed by atoms with Crippen molar-refractivity contribution in [3.05, 3.63) is 46.6 Å². The minimum Gasteiger partial charge on any atom is -0.479 e. The Morgan fingerprint density at radius 1 is 1.36 bits per heavy atom. The molecule has 1 aliphatic heterocycles. The number of nitrogens with zero attached hydrogens (tertiary/aromatic N) is 7. The molecule has 1 fully saturated rings. The number of aromatic nitrogens is 4. The van der Waals surface area contributed by atoms with Crippen LogP contribution in [0.3, 0.4) is 0 Å². The van der Waals surface area contributed by atoms with Gasteiger partial charge in [-0.1, -0.05) is 11.2 Å². The molecule has 242 valence electrons. The number of methoxy groups -OCH3 is 2. The Balaban J connectivity index is 1.64. The van der Waals surface area contributed by atoms with Crippen molar-refractivity contribution < 1.29 is 47.3 Å². The zero-order valence-electron chi connectivity index (χ0n) is 24.9. The molecule has 19 nitrogen and oxygen atoms in total. The molecule has 0 radical (unpaired) electrons. The van der Waals surface area contributed by atoms with Gasteiger partial charge in [-0.3, -0.25) is 13.9 Å². The Kier molecular flexibility index (Phi) is 10.1.